The van der Waals surface area contributed by atoms with Crippen molar-refractivity contribution in [2.45, 2.75) is 45.3 Å². The minimum absolute atomic E-state index is 0.00629. The predicted octanol–water partition coefficient (Wildman–Crippen LogP) is 3.28. The smallest absolute Gasteiger partial charge is 0.318 e. The summed E-state index contributed by atoms with van der Waals surface area (Å²) < 4.78 is 16.3. The van der Waals surface area contributed by atoms with Crippen molar-refractivity contribution in [3.8, 4) is 17.2 Å². The van der Waals surface area contributed by atoms with Crippen LogP contribution in [0.2, 0.25) is 0 Å². The number of carbonyl (C=O) groups is 2. The molecule has 2 unspecified atom stereocenters. The molecule has 2 aromatic rings. The van der Waals surface area contributed by atoms with Gasteiger partial charge in [-0.2, -0.15) is 0 Å². The second-order valence-corrected chi connectivity index (χ2v) is 8.36. The van der Waals surface area contributed by atoms with E-state index in [1.165, 1.54) is 0 Å². The van der Waals surface area contributed by atoms with Gasteiger partial charge in [-0.3, -0.25) is 4.79 Å². The topological polar surface area (TPSA) is 89.1 Å². The van der Waals surface area contributed by atoms with E-state index in [0.717, 1.165) is 22.4 Å². The third kappa shape index (κ3) is 5.32. The monoisotopic (exact) mass is 455 g/mol. The van der Waals surface area contributed by atoms with Gasteiger partial charge in [0.15, 0.2) is 11.5 Å². The Hall–Kier alpha value is -3.42. The lowest BCUT2D eigenvalue weighted by molar-refractivity contribution is -0.123. The van der Waals surface area contributed by atoms with Crippen molar-refractivity contribution in [1.29, 1.82) is 0 Å². The Morgan fingerprint density at radius 1 is 0.939 bits per heavy atom. The molecule has 0 spiro atoms. The second kappa shape index (κ2) is 10.5. The molecule has 0 aromatic heterocycles. The molecule has 0 saturated carbocycles. The normalized spacial score (nSPS) is 16.0. The van der Waals surface area contributed by atoms with Crippen LogP contribution in [0.25, 0.3) is 0 Å². The van der Waals surface area contributed by atoms with Crippen LogP contribution in [0.5, 0.6) is 17.2 Å². The van der Waals surface area contributed by atoms with Crippen LogP contribution in [0.15, 0.2) is 36.4 Å². The van der Waals surface area contributed by atoms with Crippen LogP contribution in [0.4, 0.5) is 4.79 Å². The lowest BCUT2D eigenvalue weighted by Crippen LogP contribution is -2.53. The molecule has 0 aliphatic carbocycles. The van der Waals surface area contributed by atoms with Crippen LogP contribution >= 0.6 is 0 Å². The standard InChI is InChI=1S/C25H33N3O5/c1-15(2)26-24(29)16(3)27-25(30)28-12-11-18-13-21(32-5)22(33-6)14-20(18)23(28)17-7-9-19(31-4)10-8-17/h7-10,13-16,23H,11-12H2,1-6H3,(H,26,29)(H,27,30). The van der Waals surface area contributed by atoms with E-state index in [-0.39, 0.29) is 24.0 Å². The minimum Gasteiger partial charge on any atom is -0.497 e. The van der Waals surface area contributed by atoms with Crippen molar-refractivity contribution >= 4 is 11.9 Å². The highest BCUT2D eigenvalue weighted by Crippen LogP contribution is 2.41. The van der Waals surface area contributed by atoms with E-state index in [9.17, 15) is 9.59 Å². The van der Waals surface area contributed by atoms with Crippen LogP contribution < -0.4 is 24.8 Å². The maximum Gasteiger partial charge on any atom is 0.318 e. The fraction of sp³-hybridized carbons (Fsp3) is 0.440. The molecular weight excluding hydrogens is 422 g/mol. The molecule has 0 radical (unpaired) electrons. The lowest BCUT2D eigenvalue weighted by Gasteiger charge is -2.38. The number of ether oxygens (including phenoxy) is 3. The van der Waals surface area contributed by atoms with Crippen molar-refractivity contribution in [3.63, 3.8) is 0 Å². The van der Waals surface area contributed by atoms with Crippen LogP contribution in [-0.4, -0.2) is 56.8 Å². The van der Waals surface area contributed by atoms with Gasteiger partial charge in [0.1, 0.15) is 11.8 Å². The third-order valence-electron chi connectivity index (χ3n) is 5.73. The van der Waals surface area contributed by atoms with Gasteiger partial charge in [-0.25, -0.2) is 4.79 Å². The van der Waals surface area contributed by atoms with E-state index in [2.05, 4.69) is 10.6 Å². The number of hydrogen-bond donors (Lipinski definition) is 2. The summed E-state index contributed by atoms with van der Waals surface area (Å²) in [6, 6.07) is 10.2. The summed E-state index contributed by atoms with van der Waals surface area (Å²) in [6.45, 7) is 5.94. The Bertz CT molecular complexity index is 990. The zero-order valence-electron chi connectivity index (χ0n) is 20.1. The maximum absolute atomic E-state index is 13.3. The summed E-state index contributed by atoms with van der Waals surface area (Å²) in [5.41, 5.74) is 2.97. The van der Waals surface area contributed by atoms with Crippen molar-refractivity contribution in [3.05, 3.63) is 53.1 Å². The Morgan fingerprint density at radius 3 is 2.15 bits per heavy atom. The number of rotatable bonds is 7. The zero-order valence-corrected chi connectivity index (χ0v) is 20.1. The molecule has 0 fully saturated rings. The SMILES string of the molecule is COc1ccc(C2c3cc(OC)c(OC)cc3CCN2C(=O)NC(C)C(=O)NC(C)C)cc1. The highest BCUT2D eigenvalue weighted by molar-refractivity contribution is 5.87. The van der Waals surface area contributed by atoms with Gasteiger partial charge in [0, 0.05) is 12.6 Å². The number of urea groups is 1. The molecule has 8 nitrogen and oxygen atoms in total. The highest BCUT2D eigenvalue weighted by Gasteiger charge is 2.34. The average Bonchev–Trinajstić information content (AvgIpc) is 2.81. The van der Waals surface area contributed by atoms with Crippen LogP contribution in [-0.2, 0) is 11.2 Å². The van der Waals surface area contributed by atoms with E-state index < -0.39 is 6.04 Å². The number of methoxy groups -OCH3 is 3. The highest BCUT2D eigenvalue weighted by atomic mass is 16.5. The summed E-state index contributed by atoms with van der Waals surface area (Å²) in [5, 5.41) is 5.69. The number of nitrogens with one attached hydrogen (secondary N) is 2. The van der Waals surface area contributed by atoms with Crippen molar-refractivity contribution < 1.29 is 23.8 Å². The lowest BCUT2D eigenvalue weighted by atomic mass is 9.87. The molecule has 0 saturated heterocycles. The number of hydrogen-bond acceptors (Lipinski definition) is 5. The van der Waals surface area contributed by atoms with Crippen LogP contribution in [0.3, 0.4) is 0 Å². The molecule has 178 valence electrons. The van der Waals surface area contributed by atoms with Gasteiger partial charge in [0.05, 0.1) is 27.4 Å². The van der Waals surface area contributed by atoms with Crippen molar-refractivity contribution in [2.24, 2.45) is 0 Å². The molecular formula is C25H33N3O5. The van der Waals surface area contributed by atoms with Crippen molar-refractivity contribution in [1.82, 2.24) is 15.5 Å². The fourth-order valence-electron chi connectivity index (χ4n) is 4.05. The predicted molar refractivity (Wildman–Crippen MR) is 126 cm³/mol. The first kappa shape index (κ1) is 24.2. The number of nitrogens with zero attached hydrogens (tertiary/aromatic N) is 1. The third-order valence-corrected chi connectivity index (χ3v) is 5.73. The molecule has 1 aliphatic rings. The molecule has 2 aromatic carbocycles. The number of benzene rings is 2. The maximum atomic E-state index is 13.3. The largest absolute Gasteiger partial charge is 0.497 e. The summed E-state index contributed by atoms with van der Waals surface area (Å²) in [5.74, 6) is 1.77. The van der Waals surface area contributed by atoms with E-state index >= 15 is 0 Å². The first-order valence-corrected chi connectivity index (χ1v) is 11.0. The molecule has 0 bridgehead atoms. The second-order valence-electron chi connectivity index (χ2n) is 8.36. The molecule has 8 heteroatoms. The summed E-state index contributed by atoms with van der Waals surface area (Å²) in [4.78, 5) is 27.5. The molecule has 2 atom stereocenters. The molecule has 1 heterocycles. The van der Waals surface area contributed by atoms with E-state index in [1.807, 2.05) is 50.2 Å². The number of carbonyl (C=O) groups excluding carboxylic acids is 2. The van der Waals surface area contributed by atoms with Gasteiger partial charge in [0.2, 0.25) is 5.91 Å². The summed E-state index contributed by atoms with van der Waals surface area (Å²) >= 11 is 0. The minimum atomic E-state index is -0.664. The van der Waals surface area contributed by atoms with Gasteiger partial charge in [0.25, 0.3) is 0 Å². The van der Waals surface area contributed by atoms with Crippen LogP contribution in [0.1, 0.15) is 43.5 Å². The van der Waals surface area contributed by atoms with Gasteiger partial charge in [-0.05, 0) is 68.1 Å². The zero-order chi connectivity index (χ0) is 24.1. The van der Waals surface area contributed by atoms with Crippen molar-refractivity contribution in [2.75, 3.05) is 27.9 Å². The molecule has 3 amide bonds. The first-order valence-electron chi connectivity index (χ1n) is 11.0. The molecule has 2 N–H and O–H groups in total. The Kier molecular flexibility index (Phi) is 7.68. The molecule has 33 heavy (non-hydrogen) atoms. The van der Waals surface area contributed by atoms with Crippen LogP contribution in [0, 0.1) is 0 Å². The van der Waals surface area contributed by atoms with Gasteiger partial charge in [-0.1, -0.05) is 12.1 Å². The van der Waals surface area contributed by atoms with Gasteiger partial charge >= 0.3 is 6.03 Å². The van der Waals surface area contributed by atoms with Gasteiger partial charge < -0.3 is 29.7 Å². The van der Waals surface area contributed by atoms with E-state index in [0.29, 0.717) is 24.5 Å². The van der Waals surface area contributed by atoms with E-state index in [1.54, 1.807) is 33.2 Å². The first-order chi connectivity index (χ1) is 15.8. The average molecular weight is 456 g/mol. The Balaban J connectivity index is 1.99. The number of amides is 3. The quantitative estimate of drug-likeness (QED) is 0.669. The number of fused-ring (bicyclic) bond motifs is 1. The van der Waals surface area contributed by atoms with Gasteiger partial charge in [-0.15, -0.1) is 0 Å². The van der Waals surface area contributed by atoms with E-state index in [4.69, 9.17) is 14.2 Å². The Labute approximate surface area is 195 Å². The molecule has 3 rings (SSSR count). The summed E-state index contributed by atoms with van der Waals surface area (Å²) in [6.07, 6.45) is 0.655. The molecule has 1 aliphatic heterocycles. The Morgan fingerprint density at radius 2 is 1.58 bits per heavy atom. The summed E-state index contributed by atoms with van der Waals surface area (Å²) in [7, 11) is 4.82. The fourth-order valence-corrected chi connectivity index (χ4v) is 4.05.